The first-order valence-corrected chi connectivity index (χ1v) is 22.2. The van der Waals surface area contributed by atoms with Gasteiger partial charge in [0, 0.05) is 59.5 Å². The zero-order valence-electron chi connectivity index (χ0n) is 34.0. The number of hydrogen-bond donors (Lipinski definition) is 0. The van der Waals surface area contributed by atoms with Crippen molar-refractivity contribution in [2.45, 2.75) is 9.79 Å². The van der Waals surface area contributed by atoms with Crippen molar-refractivity contribution in [2.24, 2.45) is 0 Å². The summed E-state index contributed by atoms with van der Waals surface area (Å²) in [4.78, 5) is 7.22. The number of nitrogens with zero attached hydrogens (tertiary/aromatic N) is 3. The van der Waals surface area contributed by atoms with Crippen molar-refractivity contribution < 1.29 is 4.42 Å². The second-order valence-electron chi connectivity index (χ2n) is 16.1. The molecule has 10 aromatic carbocycles. The Bertz CT molecular complexity index is 3740. The van der Waals surface area contributed by atoms with Gasteiger partial charge in [0.25, 0.3) is 0 Å². The average Bonchev–Trinajstić information content (AvgIpc) is 3.89. The number of furan rings is 1. The monoisotopic (exact) mass is 823 g/mol. The van der Waals surface area contributed by atoms with Crippen LogP contribution in [0.1, 0.15) is 0 Å². The van der Waals surface area contributed by atoms with E-state index >= 15 is 0 Å². The van der Waals surface area contributed by atoms with Crippen LogP contribution in [0.5, 0.6) is 0 Å². The molecule has 0 amide bonds. The van der Waals surface area contributed by atoms with Gasteiger partial charge >= 0.3 is 0 Å². The maximum Gasteiger partial charge on any atom is 0.135 e. The molecule has 0 atom stereocenters. The molecule has 12 aromatic rings. The Morgan fingerprint density at radius 1 is 0.365 bits per heavy atom. The standard InChI is InChI=1S/C58H37N3OS/c1-3-15-39(16-4-1)59(41-29-34-56-49(36-41)47-22-10-13-25-55(47)62-56)42-28-32-54-58(37-42)63-57-26-14-12-24-53(57)61(54)51-33-30-43(44-19-7-8-20-45(44)51)38-27-31-52-48(35-38)46-21-9-11-23-50(46)60(52)40-17-5-2-6-18-40/h1-37H. The molecular formula is C58H37N3OS. The van der Waals surface area contributed by atoms with Crippen LogP contribution in [0.3, 0.4) is 0 Å². The first-order chi connectivity index (χ1) is 31.2. The fraction of sp³-hybridized carbons (Fsp3) is 0. The quantitative estimate of drug-likeness (QED) is 0.167. The van der Waals surface area contributed by atoms with Gasteiger partial charge in [-0.3, -0.25) is 0 Å². The van der Waals surface area contributed by atoms with Crippen molar-refractivity contribution in [1.29, 1.82) is 0 Å². The second kappa shape index (κ2) is 14.3. The van der Waals surface area contributed by atoms with Gasteiger partial charge in [0.15, 0.2) is 0 Å². The summed E-state index contributed by atoms with van der Waals surface area (Å²) in [5.74, 6) is 0. The minimum Gasteiger partial charge on any atom is -0.456 e. The Hall–Kier alpha value is -7.99. The summed E-state index contributed by atoms with van der Waals surface area (Å²) < 4.78 is 8.62. The molecule has 0 saturated carbocycles. The highest BCUT2D eigenvalue weighted by Gasteiger charge is 2.28. The van der Waals surface area contributed by atoms with Gasteiger partial charge in [-0.15, -0.1) is 0 Å². The van der Waals surface area contributed by atoms with Crippen LogP contribution in [-0.2, 0) is 0 Å². The lowest BCUT2D eigenvalue weighted by Crippen LogP contribution is -2.16. The number of benzene rings is 10. The van der Waals surface area contributed by atoms with Crippen LogP contribution in [0.25, 0.3) is 71.3 Å². The number of rotatable bonds is 6. The predicted molar refractivity (Wildman–Crippen MR) is 264 cm³/mol. The lowest BCUT2D eigenvalue weighted by Gasteiger charge is -2.35. The van der Waals surface area contributed by atoms with Crippen molar-refractivity contribution in [2.75, 3.05) is 9.80 Å². The van der Waals surface area contributed by atoms with Crippen molar-refractivity contribution >= 4 is 100 Å². The third-order valence-corrected chi connectivity index (χ3v) is 13.7. The highest BCUT2D eigenvalue weighted by molar-refractivity contribution is 7.99. The Labute approximate surface area is 368 Å². The number of hydrogen-bond acceptors (Lipinski definition) is 4. The van der Waals surface area contributed by atoms with Gasteiger partial charge in [-0.05, 0) is 120 Å². The molecule has 0 saturated heterocycles. The van der Waals surface area contributed by atoms with Crippen LogP contribution in [0.15, 0.2) is 239 Å². The van der Waals surface area contributed by atoms with E-state index in [2.05, 4.69) is 227 Å². The van der Waals surface area contributed by atoms with Gasteiger partial charge < -0.3 is 18.8 Å². The van der Waals surface area contributed by atoms with Gasteiger partial charge in [-0.1, -0.05) is 133 Å². The van der Waals surface area contributed by atoms with E-state index in [1.54, 1.807) is 0 Å². The molecule has 5 heteroatoms. The molecule has 1 aliphatic rings. The second-order valence-corrected chi connectivity index (χ2v) is 17.2. The van der Waals surface area contributed by atoms with Crippen molar-refractivity contribution in [1.82, 2.24) is 4.57 Å². The minimum absolute atomic E-state index is 0.885. The summed E-state index contributed by atoms with van der Waals surface area (Å²) in [6.07, 6.45) is 0. The molecule has 63 heavy (non-hydrogen) atoms. The number of anilines is 6. The lowest BCUT2D eigenvalue weighted by atomic mass is 9.95. The van der Waals surface area contributed by atoms with Crippen LogP contribution in [-0.4, -0.2) is 4.57 Å². The van der Waals surface area contributed by atoms with Gasteiger partial charge in [0.05, 0.1) is 28.1 Å². The number of fused-ring (bicyclic) bond motifs is 9. The molecule has 2 aromatic heterocycles. The molecule has 0 spiro atoms. The Balaban J connectivity index is 0.954. The fourth-order valence-electron chi connectivity index (χ4n) is 9.75. The van der Waals surface area contributed by atoms with Crippen LogP contribution >= 0.6 is 11.8 Å². The van der Waals surface area contributed by atoms with Crippen molar-refractivity contribution in [3.05, 3.63) is 224 Å². The summed E-state index contributed by atoms with van der Waals surface area (Å²) in [6.45, 7) is 0. The van der Waals surface area contributed by atoms with Crippen LogP contribution in [0.2, 0.25) is 0 Å². The first-order valence-electron chi connectivity index (χ1n) is 21.3. The molecule has 13 rings (SSSR count). The van der Waals surface area contributed by atoms with E-state index in [0.29, 0.717) is 0 Å². The average molecular weight is 824 g/mol. The summed E-state index contributed by atoms with van der Waals surface area (Å²) in [7, 11) is 0. The van der Waals surface area contributed by atoms with Crippen molar-refractivity contribution in [3.8, 4) is 16.8 Å². The third kappa shape index (κ3) is 5.71. The van der Waals surface area contributed by atoms with Gasteiger partial charge in [-0.25, -0.2) is 0 Å². The predicted octanol–water partition coefficient (Wildman–Crippen LogP) is 16.9. The smallest absolute Gasteiger partial charge is 0.135 e. The molecule has 0 radical (unpaired) electrons. The number of aromatic nitrogens is 1. The zero-order valence-corrected chi connectivity index (χ0v) is 34.8. The third-order valence-electron chi connectivity index (χ3n) is 12.5. The molecule has 0 bridgehead atoms. The maximum atomic E-state index is 6.24. The summed E-state index contributed by atoms with van der Waals surface area (Å²) in [5.41, 5.74) is 14.5. The summed E-state index contributed by atoms with van der Waals surface area (Å²) in [5, 5.41) is 7.13. The van der Waals surface area contributed by atoms with E-state index < -0.39 is 0 Å². The normalized spacial score (nSPS) is 12.3. The molecule has 296 valence electrons. The van der Waals surface area contributed by atoms with E-state index in [0.717, 1.165) is 56.1 Å². The lowest BCUT2D eigenvalue weighted by molar-refractivity contribution is 0.669. The summed E-state index contributed by atoms with van der Waals surface area (Å²) >= 11 is 1.83. The molecule has 3 heterocycles. The van der Waals surface area contributed by atoms with Gasteiger partial charge in [0.2, 0.25) is 0 Å². The van der Waals surface area contributed by atoms with Crippen molar-refractivity contribution in [3.63, 3.8) is 0 Å². The highest BCUT2D eigenvalue weighted by atomic mass is 32.2. The van der Waals surface area contributed by atoms with Crippen LogP contribution < -0.4 is 9.80 Å². The SMILES string of the molecule is c1ccc(N(c2ccc3c(c2)Sc2ccccc2N3c2ccc(-c3ccc4c(c3)c3ccccc3n4-c3ccccc3)c3ccccc23)c2ccc3oc4ccccc4c3c2)cc1. The molecule has 0 fully saturated rings. The minimum atomic E-state index is 0.885. The molecule has 0 N–H and O–H groups in total. The Morgan fingerprint density at radius 2 is 1.00 bits per heavy atom. The number of para-hydroxylation sites is 5. The van der Waals surface area contributed by atoms with E-state index in [1.165, 1.54) is 59.2 Å². The largest absolute Gasteiger partial charge is 0.456 e. The van der Waals surface area contributed by atoms with E-state index in [9.17, 15) is 0 Å². The molecular weight excluding hydrogens is 787 g/mol. The highest BCUT2D eigenvalue weighted by Crippen LogP contribution is 2.55. The van der Waals surface area contributed by atoms with E-state index in [-0.39, 0.29) is 0 Å². The molecule has 0 unspecified atom stereocenters. The molecule has 1 aliphatic heterocycles. The summed E-state index contributed by atoms with van der Waals surface area (Å²) in [6, 6.07) is 81.0. The van der Waals surface area contributed by atoms with E-state index in [4.69, 9.17) is 4.42 Å². The maximum absolute atomic E-state index is 6.24. The molecule has 0 aliphatic carbocycles. The van der Waals surface area contributed by atoms with Crippen LogP contribution in [0, 0.1) is 0 Å². The Kier molecular flexibility index (Phi) is 8.11. The zero-order chi connectivity index (χ0) is 41.4. The van der Waals surface area contributed by atoms with Gasteiger partial charge in [0.1, 0.15) is 11.2 Å². The topological polar surface area (TPSA) is 24.6 Å². The molecule has 4 nitrogen and oxygen atoms in total. The van der Waals surface area contributed by atoms with E-state index in [1.807, 2.05) is 23.9 Å². The first kappa shape index (κ1) is 35.7. The van der Waals surface area contributed by atoms with Gasteiger partial charge in [-0.2, -0.15) is 0 Å². The van der Waals surface area contributed by atoms with Crippen LogP contribution in [0.4, 0.5) is 34.1 Å². The fourth-order valence-corrected chi connectivity index (χ4v) is 10.8. The Morgan fingerprint density at radius 3 is 1.87 bits per heavy atom.